The predicted molar refractivity (Wildman–Crippen MR) is 62.2 cm³/mol. The second kappa shape index (κ2) is 5.09. The lowest BCUT2D eigenvalue weighted by Gasteiger charge is -2.05. The molecule has 0 bridgehead atoms. The normalized spacial score (nSPS) is 9.62. The van der Waals surface area contributed by atoms with E-state index in [1.54, 1.807) is 0 Å². The predicted octanol–water partition coefficient (Wildman–Crippen LogP) is 1.35. The van der Waals surface area contributed by atoms with Crippen LogP contribution in [0.15, 0.2) is 29.2 Å². The molecule has 0 aromatic heterocycles. The van der Waals surface area contributed by atoms with Gasteiger partial charge in [0.25, 0.3) is 0 Å². The van der Waals surface area contributed by atoms with Crippen LogP contribution in [-0.2, 0) is 6.42 Å². The van der Waals surface area contributed by atoms with Crippen LogP contribution < -0.4 is 11.1 Å². The average molecular weight is 212 g/mol. The molecule has 0 aliphatic carbocycles. The van der Waals surface area contributed by atoms with Crippen molar-refractivity contribution in [2.24, 2.45) is 5.73 Å². The third kappa shape index (κ3) is 3.65. The fraction of sp³-hybridized carbons (Fsp3) is 0.222. The van der Waals surface area contributed by atoms with Crippen LogP contribution in [-0.4, -0.2) is 11.7 Å². The molecule has 4 heteroatoms. The first-order valence-corrected chi connectivity index (χ1v) is 4.86. The van der Waals surface area contributed by atoms with E-state index in [4.69, 9.17) is 18.0 Å². The van der Waals surface area contributed by atoms with Gasteiger partial charge in [0.15, 0.2) is 5.11 Å². The van der Waals surface area contributed by atoms with E-state index < -0.39 is 0 Å². The summed E-state index contributed by atoms with van der Waals surface area (Å²) in [5, 5.41) is 3.24. The number of hydrogen-bond donors (Lipinski definition) is 3. The highest BCUT2D eigenvalue weighted by Crippen LogP contribution is 2.12. The molecule has 13 heavy (non-hydrogen) atoms. The van der Waals surface area contributed by atoms with Crippen LogP contribution in [0.5, 0.6) is 0 Å². The van der Waals surface area contributed by atoms with E-state index in [9.17, 15) is 0 Å². The maximum absolute atomic E-state index is 5.30. The Kier molecular flexibility index (Phi) is 4.05. The number of nitrogens with one attached hydrogen (secondary N) is 1. The Morgan fingerprint density at radius 3 is 2.77 bits per heavy atom. The molecule has 0 aliphatic rings. The summed E-state index contributed by atoms with van der Waals surface area (Å²) in [4.78, 5) is 1.01. The molecule has 0 amide bonds. The molecule has 1 aromatic carbocycles. The minimum absolute atomic E-state index is 0.344. The minimum atomic E-state index is 0.344. The third-order valence-corrected chi connectivity index (χ3v) is 2.27. The summed E-state index contributed by atoms with van der Waals surface area (Å²) in [5.41, 5.74) is 6.50. The Morgan fingerprint density at radius 2 is 2.15 bits per heavy atom. The Labute approximate surface area is 88.9 Å². The number of benzene rings is 1. The summed E-state index contributed by atoms with van der Waals surface area (Å²) >= 11 is 9.02. The van der Waals surface area contributed by atoms with Gasteiger partial charge in [0, 0.05) is 11.4 Å². The summed E-state index contributed by atoms with van der Waals surface area (Å²) in [7, 11) is 0. The van der Waals surface area contributed by atoms with Crippen molar-refractivity contribution in [2.45, 2.75) is 11.3 Å². The van der Waals surface area contributed by atoms with Crippen molar-refractivity contribution >= 4 is 30.0 Å². The molecule has 0 fully saturated rings. The van der Waals surface area contributed by atoms with E-state index in [0.717, 1.165) is 17.9 Å². The summed E-state index contributed by atoms with van der Waals surface area (Å²) in [6.45, 7) is 0.757. The van der Waals surface area contributed by atoms with Crippen LogP contribution >= 0.6 is 24.8 Å². The Bertz CT molecular complexity index is 299. The Hall–Kier alpha value is -0.740. The SMILES string of the molecule is NC(=S)NCCc1ccccc1S. The molecular weight excluding hydrogens is 200 g/mol. The minimum Gasteiger partial charge on any atom is -0.376 e. The first kappa shape index (κ1) is 10.3. The smallest absolute Gasteiger partial charge is 0.163 e. The van der Waals surface area contributed by atoms with Crippen molar-refractivity contribution in [1.82, 2.24) is 5.32 Å². The summed E-state index contributed by atoms with van der Waals surface area (Å²) in [6.07, 6.45) is 0.886. The fourth-order valence-corrected chi connectivity index (χ4v) is 1.42. The van der Waals surface area contributed by atoms with Crippen molar-refractivity contribution in [3.8, 4) is 0 Å². The van der Waals surface area contributed by atoms with Gasteiger partial charge in [0.2, 0.25) is 0 Å². The van der Waals surface area contributed by atoms with Crippen LogP contribution in [0.3, 0.4) is 0 Å². The Morgan fingerprint density at radius 1 is 1.46 bits per heavy atom. The molecule has 0 saturated heterocycles. The van der Waals surface area contributed by atoms with E-state index >= 15 is 0 Å². The zero-order valence-electron chi connectivity index (χ0n) is 7.16. The number of thiocarbonyl (C=S) groups is 1. The second-order valence-electron chi connectivity index (χ2n) is 2.67. The molecule has 0 aliphatic heterocycles. The van der Waals surface area contributed by atoms with Crippen molar-refractivity contribution in [3.05, 3.63) is 29.8 Å². The van der Waals surface area contributed by atoms with Gasteiger partial charge in [-0.15, -0.1) is 12.6 Å². The van der Waals surface area contributed by atoms with Gasteiger partial charge in [0.05, 0.1) is 0 Å². The second-order valence-corrected chi connectivity index (χ2v) is 3.59. The van der Waals surface area contributed by atoms with Gasteiger partial charge >= 0.3 is 0 Å². The van der Waals surface area contributed by atoms with Gasteiger partial charge in [-0.2, -0.15) is 0 Å². The number of rotatable bonds is 3. The highest BCUT2D eigenvalue weighted by Gasteiger charge is 1.96. The molecule has 0 saturated carbocycles. The van der Waals surface area contributed by atoms with Gasteiger partial charge in [0.1, 0.15) is 0 Å². The molecule has 1 rings (SSSR count). The molecule has 70 valence electrons. The van der Waals surface area contributed by atoms with Gasteiger partial charge in [-0.1, -0.05) is 18.2 Å². The molecule has 1 aromatic rings. The van der Waals surface area contributed by atoms with E-state index in [2.05, 4.69) is 17.9 Å². The zero-order valence-corrected chi connectivity index (χ0v) is 8.87. The van der Waals surface area contributed by atoms with Crippen molar-refractivity contribution < 1.29 is 0 Å². The van der Waals surface area contributed by atoms with Crippen LogP contribution in [0.2, 0.25) is 0 Å². The summed E-state index contributed by atoms with van der Waals surface area (Å²) < 4.78 is 0. The first-order chi connectivity index (χ1) is 6.20. The number of thiol groups is 1. The van der Waals surface area contributed by atoms with Crippen LogP contribution in [0.25, 0.3) is 0 Å². The lowest BCUT2D eigenvalue weighted by Crippen LogP contribution is -2.30. The lowest BCUT2D eigenvalue weighted by molar-refractivity contribution is 0.857. The van der Waals surface area contributed by atoms with Crippen LogP contribution in [0.4, 0.5) is 0 Å². The Balaban J connectivity index is 2.45. The van der Waals surface area contributed by atoms with Gasteiger partial charge in [-0.25, -0.2) is 0 Å². The van der Waals surface area contributed by atoms with Crippen LogP contribution in [0.1, 0.15) is 5.56 Å². The molecule has 3 N–H and O–H groups in total. The maximum Gasteiger partial charge on any atom is 0.163 e. The van der Waals surface area contributed by atoms with Gasteiger partial charge < -0.3 is 11.1 Å². The third-order valence-electron chi connectivity index (χ3n) is 1.69. The van der Waals surface area contributed by atoms with E-state index in [-0.39, 0.29) is 0 Å². The maximum atomic E-state index is 5.30. The average Bonchev–Trinajstić information content (AvgIpc) is 2.08. The lowest BCUT2D eigenvalue weighted by atomic mass is 10.1. The topological polar surface area (TPSA) is 38.0 Å². The van der Waals surface area contributed by atoms with Gasteiger partial charge in [-0.3, -0.25) is 0 Å². The quantitative estimate of drug-likeness (QED) is 0.523. The standard InChI is InChI=1S/C9H12N2S2/c10-9(13)11-6-5-7-3-1-2-4-8(7)12/h1-4,12H,5-6H2,(H3,10,11,13). The number of nitrogens with two attached hydrogens (primary N) is 1. The highest BCUT2D eigenvalue weighted by atomic mass is 32.1. The van der Waals surface area contributed by atoms with Crippen molar-refractivity contribution in [2.75, 3.05) is 6.54 Å². The molecule has 0 atom stereocenters. The molecule has 0 heterocycles. The van der Waals surface area contributed by atoms with E-state index in [1.165, 1.54) is 5.56 Å². The fourth-order valence-electron chi connectivity index (χ4n) is 1.04. The first-order valence-electron chi connectivity index (χ1n) is 4.00. The van der Waals surface area contributed by atoms with Crippen molar-refractivity contribution in [3.63, 3.8) is 0 Å². The highest BCUT2D eigenvalue weighted by molar-refractivity contribution is 7.80. The summed E-state index contributed by atoms with van der Waals surface area (Å²) in [5.74, 6) is 0. The van der Waals surface area contributed by atoms with Gasteiger partial charge in [-0.05, 0) is 30.3 Å². The van der Waals surface area contributed by atoms with Crippen molar-refractivity contribution in [1.29, 1.82) is 0 Å². The molecular formula is C9H12N2S2. The monoisotopic (exact) mass is 212 g/mol. The molecule has 0 unspecified atom stereocenters. The van der Waals surface area contributed by atoms with Crippen LogP contribution in [0, 0.1) is 0 Å². The number of hydrogen-bond acceptors (Lipinski definition) is 2. The van der Waals surface area contributed by atoms with E-state index in [1.807, 2.05) is 24.3 Å². The largest absolute Gasteiger partial charge is 0.376 e. The van der Waals surface area contributed by atoms with E-state index in [0.29, 0.717) is 5.11 Å². The molecule has 0 spiro atoms. The summed E-state index contributed by atoms with van der Waals surface area (Å²) in [6, 6.07) is 7.98. The zero-order chi connectivity index (χ0) is 9.68. The molecule has 0 radical (unpaired) electrons. The molecule has 2 nitrogen and oxygen atoms in total.